The number of halogens is 2. The van der Waals surface area contributed by atoms with E-state index in [0.717, 1.165) is 34.6 Å². The normalized spacial score (nSPS) is 11.7. The molecule has 9 nitrogen and oxygen atoms in total. The standard InChI is InChI=1S/C24H21F2N5O4/c25-18-7-4-8-19(26)23(18)35-17-14-22(33)31(27-15-17)20(13-16-5-2-1-3-6-16)24(34)28-21-9-10-30(29-21)11-12-32/h1-10,14-15,20,32H,11-13H2,(H,28,29,34). The second-order valence-electron chi connectivity index (χ2n) is 7.51. The van der Waals surface area contributed by atoms with E-state index in [1.54, 1.807) is 36.5 Å². The second-order valence-corrected chi connectivity index (χ2v) is 7.51. The highest BCUT2D eigenvalue weighted by Gasteiger charge is 2.25. The van der Waals surface area contributed by atoms with Crippen LogP contribution in [0.25, 0.3) is 0 Å². The second kappa shape index (κ2) is 10.7. The van der Waals surface area contributed by atoms with Gasteiger partial charge in [0.1, 0.15) is 6.04 Å². The van der Waals surface area contributed by atoms with Crippen LogP contribution in [0.5, 0.6) is 11.5 Å². The fourth-order valence-corrected chi connectivity index (χ4v) is 3.38. The molecule has 1 unspecified atom stereocenters. The van der Waals surface area contributed by atoms with Crippen LogP contribution >= 0.6 is 0 Å². The maximum absolute atomic E-state index is 13.9. The number of hydrogen-bond acceptors (Lipinski definition) is 6. The van der Waals surface area contributed by atoms with E-state index in [0.29, 0.717) is 0 Å². The number of aromatic nitrogens is 4. The van der Waals surface area contributed by atoms with Gasteiger partial charge in [-0.15, -0.1) is 0 Å². The zero-order chi connectivity index (χ0) is 24.8. The van der Waals surface area contributed by atoms with Crippen LogP contribution in [-0.2, 0) is 17.8 Å². The molecule has 0 aliphatic carbocycles. The highest BCUT2D eigenvalue weighted by atomic mass is 19.1. The maximum atomic E-state index is 13.9. The molecule has 0 bridgehead atoms. The Morgan fingerprint density at radius 1 is 1.09 bits per heavy atom. The molecule has 4 rings (SSSR count). The Morgan fingerprint density at radius 3 is 2.51 bits per heavy atom. The van der Waals surface area contributed by atoms with Crippen molar-refractivity contribution in [3.8, 4) is 11.5 Å². The van der Waals surface area contributed by atoms with E-state index in [-0.39, 0.29) is 31.1 Å². The Bertz CT molecular complexity index is 1350. The van der Waals surface area contributed by atoms with Crippen molar-refractivity contribution in [3.63, 3.8) is 0 Å². The van der Waals surface area contributed by atoms with Gasteiger partial charge < -0.3 is 15.2 Å². The summed E-state index contributed by atoms with van der Waals surface area (Å²) in [6.07, 6.45) is 2.84. The summed E-state index contributed by atoms with van der Waals surface area (Å²) in [5.41, 5.74) is 0.0713. The Hall–Kier alpha value is -4.38. The summed E-state index contributed by atoms with van der Waals surface area (Å²) in [5, 5.41) is 19.9. The number of nitrogens with zero attached hydrogens (tertiary/aromatic N) is 4. The molecule has 35 heavy (non-hydrogen) atoms. The zero-order valence-electron chi connectivity index (χ0n) is 18.3. The third-order valence-electron chi connectivity index (χ3n) is 5.03. The van der Waals surface area contributed by atoms with E-state index in [1.807, 2.05) is 6.07 Å². The minimum Gasteiger partial charge on any atom is -0.449 e. The molecule has 0 radical (unpaired) electrons. The van der Waals surface area contributed by atoms with Crippen LogP contribution in [0.1, 0.15) is 11.6 Å². The Balaban J connectivity index is 1.62. The summed E-state index contributed by atoms with van der Waals surface area (Å²) in [5.74, 6) is -3.02. The van der Waals surface area contributed by atoms with E-state index in [4.69, 9.17) is 9.84 Å². The number of nitrogens with one attached hydrogen (secondary N) is 1. The van der Waals surface area contributed by atoms with Crippen molar-refractivity contribution in [1.29, 1.82) is 0 Å². The van der Waals surface area contributed by atoms with Crippen LogP contribution in [0.15, 0.2) is 77.9 Å². The van der Waals surface area contributed by atoms with Crippen LogP contribution in [0, 0.1) is 11.6 Å². The number of para-hydroxylation sites is 1. The molecule has 180 valence electrons. The minimum absolute atomic E-state index is 0.115. The first-order valence-corrected chi connectivity index (χ1v) is 10.6. The quantitative estimate of drug-likeness (QED) is 0.380. The fourth-order valence-electron chi connectivity index (χ4n) is 3.38. The van der Waals surface area contributed by atoms with E-state index in [1.165, 1.54) is 10.7 Å². The molecular formula is C24H21F2N5O4. The first kappa shape index (κ1) is 23.8. The first-order chi connectivity index (χ1) is 16.9. The summed E-state index contributed by atoms with van der Waals surface area (Å²) in [6, 6.07) is 13.8. The lowest BCUT2D eigenvalue weighted by molar-refractivity contribution is -0.119. The summed E-state index contributed by atoms with van der Waals surface area (Å²) >= 11 is 0. The lowest BCUT2D eigenvalue weighted by Gasteiger charge is -2.18. The number of aliphatic hydroxyl groups excluding tert-OH is 1. The number of anilines is 1. The Kier molecular flexibility index (Phi) is 7.27. The van der Waals surface area contributed by atoms with Gasteiger partial charge in [-0.05, 0) is 17.7 Å². The molecule has 0 aliphatic heterocycles. The summed E-state index contributed by atoms with van der Waals surface area (Å²) in [4.78, 5) is 26.0. The molecule has 0 fully saturated rings. The van der Waals surface area contributed by atoms with Crippen LogP contribution in [-0.4, -0.2) is 37.2 Å². The molecule has 0 spiro atoms. The molecule has 11 heteroatoms. The van der Waals surface area contributed by atoms with Crippen LogP contribution < -0.4 is 15.6 Å². The molecule has 2 aromatic carbocycles. The SMILES string of the molecule is O=C(Nc1ccn(CCO)n1)C(Cc1ccccc1)n1ncc(Oc2c(F)cccc2F)cc1=O. The lowest BCUT2D eigenvalue weighted by atomic mass is 10.1. The number of benzene rings is 2. The zero-order valence-corrected chi connectivity index (χ0v) is 18.3. The molecule has 0 saturated heterocycles. The van der Waals surface area contributed by atoms with Crippen molar-refractivity contribution in [2.24, 2.45) is 0 Å². The summed E-state index contributed by atoms with van der Waals surface area (Å²) in [6.45, 7) is 0.143. The molecule has 0 saturated carbocycles. The van der Waals surface area contributed by atoms with Gasteiger partial charge in [0.05, 0.1) is 19.3 Å². The molecule has 0 aliphatic rings. The van der Waals surface area contributed by atoms with Crippen molar-refractivity contribution in [1.82, 2.24) is 19.6 Å². The molecule has 1 amide bonds. The van der Waals surface area contributed by atoms with Gasteiger partial charge >= 0.3 is 0 Å². The van der Waals surface area contributed by atoms with Gasteiger partial charge in [0.25, 0.3) is 11.5 Å². The molecule has 4 aromatic rings. The van der Waals surface area contributed by atoms with Crippen molar-refractivity contribution in [2.45, 2.75) is 19.0 Å². The lowest BCUT2D eigenvalue weighted by Crippen LogP contribution is -2.36. The topological polar surface area (TPSA) is 111 Å². The van der Waals surface area contributed by atoms with Gasteiger partial charge in [0, 0.05) is 24.8 Å². The number of aliphatic hydroxyl groups is 1. The number of carbonyl (C=O) groups excluding carboxylic acids is 1. The average molecular weight is 481 g/mol. The van der Waals surface area contributed by atoms with Gasteiger partial charge in [-0.3, -0.25) is 14.3 Å². The average Bonchev–Trinajstić information content (AvgIpc) is 3.28. The summed E-state index contributed by atoms with van der Waals surface area (Å²) in [7, 11) is 0. The smallest absolute Gasteiger partial charge is 0.271 e. The highest BCUT2D eigenvalue weighted by Crippen LogP contribution is 2.26. The third kappa shape index (κ3) is 5.76. The van der Waals surface area contributed by atoms with Crippen molar-refractivity contribution < 1.29 is 23.4 Å². The highest BCUT2D eigenvalue weighted by molar-refractivity contribution is 5.93. The fraction of sp³-hybridized carbons (Fsp3) is 0.167. The van der Waals surface area contributed by atoms with E-state index < -0.39 is 34.9 Å². The molecule has 2 N–H and O–H groups in total. The number of amides is 1. The third-order valence-corrected chi connectivity index (χ3v) is 5.03. The van der Waals surface area contributed by atoms with Crippen LogP contribution in [0.4, 0.5) is 14.6 Å². The predicted octanol–water partition coefficient (Wildman–Crippen LogP) is 2.93. The molecule has 2 heterocycles. The maximum Gasteiger partial charge on any atom is 0.271 e. The van der Waals surface area contributed by atoms with Crippen LogP contribution in [0.3, 0.4) is 0 Å². The van der Waals surface area contributed by atoms with Crippen LogP contribution in [0.2, 0.25) is 0 Å². The van der Waals surface area contributed by atoms with E-state index >= 15 is 0 Å². The Labute approximate surface area is 198 Å². The van der Waals surface area contributed by atoms with E-state index in [2.05, 4.69) is 15.5 Å². The molecule has 1 atom stereocenters. The number of rotatable bonds is 9. The van der Waals surface area contributed by atoms with E-state index in [9.17, 15) is 18.4 Å². The van der Waals surface area contributed by atoms with Gasteiger partial charge in [0.2, 0.25) is 0 Å². The van der Waals surface area contributed by atoms with Gasteiger partial charge in [0.15, 0.2) is 29.0 Å². The predicted molar refractivity (Wildman–Crippen MR) is 122 cm³/mol. The Morgan fingerprint density at radius 2 is 1.83 bits per heavy atom. The number of ether oxygens (including phenoxy) is 1. The van der Waals surface area contributed by atoms with Crippen molar-refractivity contribution in [2.75, 3.05) is 11.9 Å². The van der Waals surface area contributed by atoms with Crippen molar-refractivity contribution >= 4 is 11.7 Å². The molecular weight excluding hydrogens is 460 g/mol. The number of hydrogen-bond donors (Lipinski definition) is 2. The summed E-state index contributed by atoms with van der Waals surface area (Å²) < 4.78 is 35.4. The minimum atomic E-state index is -1.06. The first-order valence-electron chi connectivity index (χ1n) is 10.6. The number of carbonyl (C=O) groups is 1. The molecule has 2 aromatic heterocycles. The largest absolute Gasteiger partial charge is 0.449 e. The van der Waals surface area contributed by atoms with Gasteiger partial charge in [-0.25, -0.2) is 13.5 Å². The van der Waals surface area contributed by atoms with Gasteiger partial charge in [-0.1, -0.05) is 36.4 Å². The van der Waals surface area contributed by atoms with Gasteiger partial charge in [-0.2, -0.15) is 10.2 Å². The monoisotopic (exact) mass is 481 g/mol. The van der Waals surface area contributed by atoms with Crippen molar-refractivity contribution in [3.05, 3.63) is 101 Å².